The summed E-state index contributed by atoms with van der Waals surface area (Å²) in [4.78, 5) is 52.7. The Hall–Kier alpha value is -0.880. The van der Waals surface area contributed by atoms with Gasteiger partial charge in [0.2, 0.25) is 0 Å². The Bertz CT molecular complexity index is 1090. The summed E-state index contributed by atoms with van der Waals surface area (Å²) in [7, 11) is -9.66. The molecule has 2 unspecified atom stereocenters. The third-order valence-electron chi connectivity index (χ3n) is 10.7. The summed E-state index contributed by atoms with van der Waals surface area (Å²) in [6, 6.07) is 0. The van der Waals surface area contributed by atoms with E-state index in [1.54, 1.807) is 0 Å². The Kier molecular flexibility index (Phi) is 38.2. The summed E-state index contributed by atoms with van der Waals surface area (Å²) < 4.78 is 47.8. The van der Waals surface area contributed by atoms with E-state index in [0.717, 1.165) is 50.4 Å². The largest absolute Gasteiger partial charge is 0.472 e. The lowest BCUT2D eigenvalue weighted by atomic mass is 9.99. The van der Waals surface area contributed by atoms with Crippen LogP contribution >= 0.6 is 15.6 Å². The van der Waals surface area contributed by atoms with Gasteiger partial charge in [-0.1, -0.05) is 195 Å². The number of esters is 2. The minimum absolute atomic E-state index is 0.138. The highest BCUT2D eigenvalue weighted by molar-refractivity contribution is 7.47. The molecule has 0 fully saturated rings. The Morgan fingerprint density at radius 3 is 1.29 bits per heavy atom. The molecule has 15 heteroatoms. The van der Waals surface area contributed by atoms with Crippen LogP contribution in [-0.2, 0) is 41.8 Å². The van der Waals surface area contributed by atoms with Crippen molar-refractivity contribution in [1.82, 2.24) is 0 Å². The van der Waals surface area contributed by atoms with E-state index in [-0.39, 0.29) is 19.4 Å². The maximum atomic E-state index is 12.7. The van der Waals surface area contributed by atoms with Gasteiger partial charge in [0.05, 0.1) is 19.8 Å². The summed E-state index contributed by atoms with van der Waals surface area (Å²) in [5.41, 5.74) is 0. The van der Waals surface area contributed by atoms with Crippen LogP contribution in [0.4, 0.5) is 0 Å². The number of unbranched alkanes of at least 4 members (excludes halogenated alkanes) is 23. The zero-order chi connectivity index (χ0) is 44.0. The first-order chi connectivity index (χ1) is 28.1. The van der Waals surface area contributed by atoms with Gasteiger partial charge in [-0.2, -0.15) is 0 Å². The van der Waals surface area contributed by atoms with Gasteiger partial charge in [0.25, 0.3) is 0 Å². The van der Waals surface area contributed by atoms with Gasteiger partial charge >= 0.3 is 27.6 Å². The molecule has 59 heavy (non-hydrogen) atoms. The molecule has 0 bridgehead atoms. The molecule has 0 saturated heterocycles. The van der Waals surface area contributed by atoms with Crippen molar-refractivity contribution in [3.63, 3.8) is 0 Å². The fourth-order valence-electron chi connectivity index (χ4n) is 6.75. The highest BCUT2D eigenvalue weighted by Gasteiger charge is 2.28. The van der Waals surface area contributed by atoms with Gasteiger partial charge in [-0.25, -0.2) is 9.13 Å². The summed E-state index contributed by atoms with van der Waals surface area (Å²) in [6.07, 6.45) is 31.2. The lowest BCUT2D eigenvalue weighted by Gasteiger charge is -2.20. The van der Waals surface area contributed by atoms with Gasteiger partial charge in [0.15, 0.2) is 6.10 Å². The highest BCUT2D eigenvalue weighted by Crippen LogP contribution is 2.44. The van der Waals surface area contributed by atoms with E-state index in [4.69, 9.17) is 28.3 Å². The number of carbonyl (C=O) groups is 2. The molecule has 0 aromatic carbocycles. The summed E-state index contributed by atoms with van der Waals surface area (Å²) >= 11 is 0. The van der Waals surface area contributed by atoms with Gasteiger partial charge in [-0.15, -0.1) is 0 Å². The molecule has 0 rings (SSSR count). The third kappa shape index (κ3) is 43.6. The Morgan fingerprint density at radius 2 is 0.864 bits per heavy atom. The second-order valence-electron chi connectivity index (χ2n) is 17.1. The summed E-state index contributed by atoms with van der Waals surface area (Å²) in [5.74, 6) is 0.589. The second-order valence-corrected chi connectivity index (χ2v) is 19.8. The van der Waals surface area contributed by atoms with Gasteiger partial charge in [0, 0.05) is 12.8 Å². The van der Waals surface area contributed by atoms with E-state index < -0.39 is 59.6 Å². The molecule has 0 amide bonds. The van der Waals surface area contributed by atoms with E-state index in [2.05, 4.69) is 32.2 Å². The first-order valence-corrected chi connectivity index (χ1v) is 26.5. The van der Waals surface area contributed by atoms with E-state index in [9.17, 15) is 28.7 Å². The number of ether oxygens (including phenoxy) is 2. The van der Waals surface area contributed by atoms with Crippen molar-refractivity contribution in [1.29, 1.82) is 0 Å². The predicted octanol–water partition coefficient (Wildman–Crippen LogP) is 12.1. The molecule has 0 aromatic rings. The Labute approximate surface area is 359 Å². The molecule has 0 aliphatic rings. The molecule has 0 aromatic heterocycles. The van der Waals surface area contributed by atoms with Crippen LogP contribution in [0.1, 0.15) is 220 Å². The van der Waals surface area contributed by atoms with Crippen LogP contribution in [0.3, 0.4) is 0 Å². The number of hydrogen-bond donors (Lipinski definition) is 4. The van der Waals surface area contributed by atoms with Crippen LogP contribution in [0, 0.1) is 11.8 Å². The lowest BCUT2D eigenvalue weighted by Crippen LogP contribution is -2.30. The smallest absolute Gasteiger partial charge is 0.462 e. The fourth-order valence-corrected chi connectivity index (χ4v) is 7.90. The molecule has 0 saturated carbocycles. The number of aliphatic hydroxyl groups excluding tert-OH is 1. The molecule has 0 aliphatic heterocycles. The number of phosphoric ester groups is 2. The average molecular weight is 887 g/mol. The standard InChI is InChI=1S/C44H88O13P2/c1-5-40(4)32-28-24-20-16-14-12-10-8-6-7-9-11-13-15-17-21-26-30-34-44(47)57-42(38-56-59(51,52)55-36-41(45)35-54-58(48,49)50)37-53-43(46)33-29-25-22-18-19-23-27-31-39(2)3/h39-42,45H,5-38H2,1-4H3,(H,51,52)(H2,48,49,50)/t40?,41-,42+/m0/s1. The zero-order valence-electron chi connectivity index (χ0n) is 37.7. The van der Waals surface area contributed by atoms with Crippen LogP contribution in [0.2, 0.25) is 0 Å². The van der Waals surface area contributed by atoms with Gasteiger partial charge in [-0.05, 0) is 24.7 Å². The molecule has 4 N–H and O–H groups in total. The number of aliphatic hydroxyl groups is 1. The molecule has 0 radical (unpaired) electrons. The number of rotatable bonds is 44. The van der Waals surface area contributed by atoms with Crippen molar-refractivity contribution < 1.29 is 61.6 Å². The molecule has 0 aliphatic carbocycles. The monoisotopic (exact) mass is 887 g/mol. The maximum Gasteiger partial charge on any atom is 0.472 e. The van der Waals surface area contributed by atoms with Crippen molar-refractivity contribution in [2.24, 2.45) is 11.8 Å². The van der Waals surface area contributed by atoms with E-state index in [0.29, 0.717) is 12.8 Å². The van der Waals surface area contributed by atoms with E-state index >= 15 is 0 Å². The molecular formula is C44H88O13P2. The van der Waals surface area contributed by atoms with E-state index in [1.807, 2.05) is 0 Å². The SMILES string of the molecule is CCC(C)CCCCCCCCCCCCCCCCCCCCC(=O)O[C@H](COC(=O)CCCCCCCCCC(C)C)COP(=O)(O)OC[C@@H](O)COP(=O)(O)O. The summed E-state index contributed by atoms with van der Waals surface area (Å²) in [5, 5.41) is 9.74. The van der Waals surface area contributed by atoms with Crippen molar-refractivity contribution in [3.05, 3.63) is 0 Å². The molecule has 13 nitrogen and oxygen atoms in total. The molecular weight excluding hydrogens is 798 g/mol. The average Bonchev–Trinajstić information content (AvgIpc) is 3.18. The van der Waals surface area contributed by atoms with Crippen LogP contribution < -0.4 is 0 Å². The third-order valence-corrected chi connectivity index (χ3v) is 12.1. The van der Waals surface area contributed by atoms with Crippen molar-refractivity contribution >= 4 is 27.6 Å². The highest BCUT2D eigenvalue weighted by atomic mass is 31.2. The predicted molar refractivity (Wildman–Crippen MR) is 235 cm³/mol. The van der Waals surface area contributed by atoms with Crippen molar-refractivity contribution in [3.8, 4) is 0 Å². The number of phosphoric acid groups is 2. The van der Waals surface area contributed by atoms with Gasteiger partial charge in [0.1, 0.15) is 12.7 Å². The molecule has 0 spiro atoms. The van der Waals surface area contributed by atoms with Crippen LogP contribution in [0.15, 0.2) is 0 Å². The zero-order valence-corrected chi connectivity index (χ0v) is 39.5. The van der Waals surface area contributed by atoms with E-state index in [1.165, 1.54) is 128 Å². The topological polar surface area (TPSA) is 195 Å². The maximum absolute atomic E-state index is 12.7. The lowest BCUT2D eigenvalue weighted by molar-refractivity contribution is -0.161. The minimum Gasteiger partial charge on any atom is -0.462 e. The summed E-state index contributed by atoms with van der Waals surface area (Å²) in [6.45, 7) is 6.43. The van der Waals surface area contributed by atoms with Crippen LogP contribution in [0.25, 0.3) is 0 Å². The fraction of sp³-hybridized carbons (Fsp3) is 0.955. The van der Waals surface area contributed by atoms with Crippen molar-refractivity contribution in [2.75, 3.05) is 26.4 Å². The molecule has 4 atom stereocenters. The normalized spacial score (nSPS) is 14.6. The second kappa shape index (κ2) is 38.8. The van der Waals surface area contributed by atoms with Crippen LogP contribution in [0.5, 0.6) is 0 Å². The molecule has 352 valence electrons. The molecule has 0 heterocycles. The van der Waals surface area contributed by atoms with Gasteiger partial charge in [-0.3, -0.25) is 23.2 Å². The quantitative estimate of drug-likeness (QED) is 0.0256. The number of carbonyl (C=O) groups excluding carboxylic acids is 2. The Balaban J connectivity index is 4.33. The number of hydrogen-bond acceptors (Lipinski definition) is 10. The van der Waals surface area contributed by atoms with Crippen LogP contribution in [-0.4, -0.2) is 70.4 Å². The first kappa shape index (κ1) is 58.1. The first-order valence-electron chi connectivity index (χ1n) is 23.5. The Morgan fingerprint density at radius 1 is 0.492 bits per heavy atom. The van der Waals surface area contributed by atoms with Crippen molar-refractivity contribution in [2.45, 2.75) is 233 Å². The van der Waals surface area contributed by atoms with Gasteiger partial charge < -0.3 is 29.3 Å². The minimum atomic E-state index is -4.86.